The van der Waals surface area contributed by atoms with Crippen LogP contribution >= 0.6 is 11.3 Å². The van der Waals surface area contributed by atoms with E-state index in [4.69, 9.17) is 5.11 Å². The summed E-state index contributed by atoms with van der Waals surface area (Å²) in [6, 6.07) is 1.76. The van der Waals surface area contributed by atoms with Gasteiger partial charge in [-0.1, -0.05) is 0 Å². The molecule has 3 N–H and O–H groups in total. The van der Waals surface area contributed by atoms with Gasteiger partial charge in [-0.15, -0.1) is 11.3 Å². The summed E-state index contributed by atoms with van der Waals surface area (Å²) in [5.74, 6) is -0.858. The maximum atomic E-state index is 11.5. The molecule has 6 heteroatoms. The molecule has 0 aromatic carbocycles. The molecule has 0 unspecified atom stereocenters. The molecule has 5 nitrogen and oxygen atoms in total. The van der Waals surface area contributed by atoms with Crippen LogP contribution in [0.1, 0.15) is 30.7 Å². The molecule has 0 atom stereocenters. The number of hydrogen-bond acceptors (Lipinski definition) is 3. The van der Waals surface area contributed by atoms with Gasteiger partial charge in [0.15, 0.2) is 0 Å². The second-order valence-corrected chi connectivity index (χ2v) is 6.13. The summed E-state index contributed by atoms with van der Waals surface area (Å²) in [5.41, 5.74) is 0.364. The van der Waals surface area contributed by atoms with E-state index in [-0.39, 0.29) is 6.03 Å². The fourth-order valence-electron chi connectivity index (χ4n) is 1.41. The van der Waals surface area contributed by atoms with Crippen molar-refractivity contribution in [2.75, 3.05) is 6.54 Å². The molecule has 0 saturated heterocycles. The topological polar surface area (TPSA) is 78.4 Å². The van der Waals surface area contributed by atoms with Crippen molar-refractivity contribution in [3.8, 4) is 0 Å². The Kier molecular flexibility index (Phi) is 5.35. The highest BCUT2D eigenvalue weighted by Gasteiger charge is 2.26. The number of carboxylic acids is 1. The van der Waals surface area contributed by atoms with E-state index >= 15 is 0 Å². The fraction of sp³-hybridized carbons (Fsp3) is 0.538. The van der Waals surface area contributed by atoms with Crippen molar-refractivity contribution in [1.82, 2.24) is 10.6 Å². The first-order valence-electron chi connectivity index (χ1n) is 6.10. The van der Waals surface area contributed by atoms with Crippen molar-refractivity contribution in [3.05, 3.63) is 21.9 Å². The highest BCUT2D eigenvalue weighted by atomic mass is 32.1. The van der Waals surface area contributed by atoms with E-state index in [9.17, 15) is 9.59 Å². The average Bonchev–Trinajstić information content (AvgIpc) is 2.72. The molecule has 19 heavy (non-hydrogen) atoms. The smallest absolute Gasteiger partial charge is 0.315 e. The molecule has 0 spiro atoms. The third kappa shape index (κ3) is 5.30. The van der Waals surface area contributed by atoms with Gasteiger partial charge in [0, 0.05) is 11.4 Å². The van der Waals surface area contributed by atoms with Crippen molar-refractivity contribution in [2.45, 2.75) is 33.7 Å². The Morgan fingerprint density at radius 1 is 1.37 bits per heavy atom. The summed E-state index contributed by atoms with van der Waals surface area (Å²) in [5, 5.41) is 16.4. The minimum atomic E-state index is -0.858. The molecule has 0 aliphatic carbocycles. The molecule has 0 aliphatic heterocycles. The lowest BCUT2D eigenvalue weighted by Crippen LogP contribution is -2.38. The molecule has 0 aliphatic rings. The number of aliphatic carboxylic acids is 1. The van der Waals surface area contributed by atoms with E-state index < -0.39 is 11.4 Å². The zero-order chi connectivity index (χ0) is 14.5. The predicted octanol–water partition coefficient (Wildman–Crippen LogP) is 2.36. The highest BCUT2D eigenvalue weighted by molar-refractivity contribution is 7.10. The van der Waals surface area contributed by atoms with Gasteiger partial charge in [-0.25, -0.2) is 4.79 Å². The number of amides is 2. The Hall–Kier alpha value is -1.56. The Bertz CT molecular complexity index is 454. The molecule has 106 valence electrons. The van der Waals surface area contributed by atoms with E-state index in [0.717, 1.165) is 4.88 Å². The van der Waals surface area contributed by atoms with Crippen LogP contribution in [0.3, 0.4) is 0 Å². The zero-order valence-electron chi connectivity index (χ0n) is 11.4. The molecule has 2 amide bonds. The molecule has 1 rings (SSSR count). The SMILES string of the molecule is Cc1csc(CNC(=O)NCCC(C)(C)C(=O)O)c1. The van der Waals surface area contributed by atoms with Crippen LogP contribution in [-0.2, 0) is 11.3 Å². The largest absolute Gasteiger partial charge is 0.481 e. The minimum absolute atomic E-state index is 0.271. The number of carbonyl (C=O) groups is 2. The van der Waals surface area contributed by atoms with Crippen molar-refractivity contribution < 1.29 is 14.7 Å². The predicted molar refractivity (Wildman–Crippen MR) is 75.3 cm³/mol. The molecule has 1 heterocycles. The first-order valence-corrected chi connectivity index (χ1v) is 6.98. The molecule has 0 radical (unpaired) electrons. The number of aryl methyl sites for hydroxylation is 1. The van der Waals surface area contributed by atoms with Crippen LogP contribution in [0.25, 0.3) is 0 Å². The highest BCUT2D eigenvalue weighted by Crippen LogP contribution is 2.19. The normalized spacial score (nSPS) is 11.1. The fourth-order valence-corrected chi connectivity index (χ4v) is 2.22. The van der Waals surface area contributed by atoms with Crippen LogP contribution in [0.15, 0.2) is 11.4 Å². The van der Waals surface area contributed by atoms with E-state index in [1.165, 1.54) is 5.56 Å². The number of hydrogen-bond donors (Lipinski definition) is 3. The summed E-state index contributed by atoms with van der Waals surface area (Å²) in [6.07, 6.45) is 0.397. The van der Waals surface area contributed by atoms with Crippen LogP contribution < -0.4 is 10.6 Å². The quantitative estimate of drug-likeness (QED) is 0.750. The van der Waals surface area contributed by atoms with Crippen LogP contribution in [-0.4, -0.2) is 23.7 Å². The van der Waals surface area contributed by atoms with Gasteiger partial charge in [0.05, 0.1) is 12.0 Å². The van der Waals surface area contributed by atoms with Crippen LogP contribution in [0, 0.1) is 12.3 Å². The van der Waals surface area contributed by atoms with Gasteiger partial charge >= 0.3 is 12.0 Å². The zero-order valence-corrected chi connectivity index (χ0v) is 12.3. The Labute approximate surface area is 117 Å². The summed E-state index contributed by atoms with van der Waals surface area (Å²) >= 11 is 1.60. The van der Waals surface area contributed by atoms with Crippen molar-refractivity contribution in [1.29, 1.82) is 0 Å². The van der Waals surface area contributed by atoms with Gasteiger partial charge in [0.1, 0.15) is 0 Å². The molecule has 1 aromatic heterocycles. The van der Waals surface area contributed by atoms with E-state index in [1.54, 1.807) is 25.2 Å². The summed E-state index contributed by atoms with van der Waals surface area (Å²) in [4.78, 5) is 23.5. The number of urea groups is 1. The molecule has 0 saturated carbocycles. The molecule has 0 bridgehead atoms. The lowest BCUT2D eigenvalue weighted by molar-refractivity contribution is -0.147. The van der Waals surface area contributed by atoms with Gasteiger partial charge in [-0.05, 0) is 44.2 Å². The van der Waals surface area contributed by atoms with Crippen molar-refractivity contribution >= 4 is 23.3 Å². The third-order valence-electron chi connectivity index (χ3n) is 2.82. The standard InChI is InChI=1S/C13H20N2O3S/c1-9-6-10(19-8-9)7-15-12(18)14-5-4-13(2,3)11(16)17/h6,8H,4-5,7H2,1-3H3,(H,16,17)(H2,14,15,18). The summed E-state index contributed by atoms with van der Waals surface area (Å²) in [7, 11) is 0. The van der Waals surface area contributed by atoms with Crippen molar-refractivity contribution in [3.63, 3.8) is 0 Å². The average molecular weight is 284 g/mol. The number of thiophene rings is 1. The number of carbonyl (C=O) groups excluding carboxylic acids is 1. The van der Waals surface area contributed by atoms with E-state index in [2.05, 4.69) is 10.6 Å². The van der Waals surface area contributed by atoms with Crippen LogP contribution in [0.4, 0.5) is 4.79 Å². The first-order chi connectivity index (χ1) is 8.81. The number of nitrogens with one attached hydrogen (secondary N) is 2. The molecule has 1 aromatic rings. The maximum absolute atomic E-state index is 11.5. The number of carboxylic acid groups (broad SMARTS) is 1. The third-order valence-corrected chi connectivity index (χ3v) is 3.88. The second-order valence-electron chi connectivity index (χ2n) is 5.14. The van der Waals surface area contributed by atoms with Crippen LogP contribution in [0.5, 0.6) is 0 Å². The Balaban J connectivity index is 2.23. The summed E-state index contributed by atoms with van der Waals surface area (Å²) in [6.45, 7) is 6.13. The molecular formula is C13H20N2O3S. The van der Waals surface area contributed by atoms with Crippen LogP contribution in [0.2, 0.25) is 0 Å². The number of rotatable bonds is 6. The Morgan fingerprint density at radius 3 is 2.58 bits per heavy atom. The van der Waals surface area contributed by atoms with Gasteiger partial charge in [-0.2, -0.15) is 0 Å². The lowest BCUT2D eigenvalue weighted by atomic mass is 9.90. The van der Waals surface area contributed by atoms with Gasteiger partial charge in [0.25, 0.3) is 0 Å². The second kappa shape index (κ2) is 6.56. The van der Waals surface area contributed by atoms with E-state index in [0.29, 0.717) is 19.5 Å². The van der Waals surface area contributed by atoms with Gasteiger partial charge in [0.2, 0.25) is 0 Å². The lowest BCUT2D eigenvalue weighted by Gasteiger charge is -2.18. The molecular weight excluding hydrogens is 264 g/mol. The van der Waals surface area contributed by atoms with Crippen molar-refractivity contribution in [2.24, 2.45) is 5.41 Å². The minimum Gasteiger partial charge on any atom is -0.481 e. The van der Waals surface area contributed by atoms with E-state index in [1.807, 2.05) is 18.4 Å². The first kappa shape index (κ1) is 15.5. The molecule has 0 fully saturated rings. The Morgan fingerprint density at radius 2 is 2.05 bits per heavy atom. The monoisotopic (exact) mass is 284 g/mol. The summed E-state index contributed by atoms with van der Waals surface area (Å²) < 4.78 is 0. The van der Waals surface area contributed by atoms with Gasteiger partial charge in [-0.3, -0.25) is 4.79 Å². The maximum Gasteiger partial charge on any atom is 0.315 e. The van der Waals surface area contributed by atoms with Gasteiger partial charge < -0.3 is 15.7 Å².